The average Bonchev–Trinajstić information content (AvgIpc) is 3.76. The van der Waals surface area contributed by atoms with E-state index in [1.807, 2.05) is 36.4 Å². The Bertz CT molecular complexity index is 3680. The number of rotatable bonds is 10. The van der Waals surface area contributed by atoms with Crippen LogP contribution < -0.4 is 17.6 Å². The summed E-state index contributed by atoms with van der Waals surface area (Å²) in [5.74, 6) is 1.84. The summed E-state index contributed by atoms with van der Waals surface area (Å²) in [5.41, 5.74) is 13.1. The Labute approximate surface area is 411 Å². The van der Waals surface area contributed by atoms with Crippen molar-refractivity contribution < 1.29 is 0 Å². The van der Waals surface area contributed by atoms with Crippen LogP contribution in [0.5, 0.6) is 0 Å². The first-order valence-corrected chi connectivity index (χ1v) is 28.1. The number of para-hydroxylation sites is 1. The minimum absolute atomic E-state index is 0.600. The van der Waals surface area contributed by atoms with Gasteiger partial charge in [-0.2, -0.15) is 0 Å². The van der Waals surface area contributed by atoms with Crippen LogP contribution in [0, 0.1) is 13.8 Å². The molecule has 0 aliphatic heterocycles. The summed E-state index contributed by atoms with van der Waals surface area (Å²) in [4.78, 5) is 15.9. The molecule has 5 heteroatoms. The number of hydrogen-bond donors (Lipinski definition) is 0. The SMILES string of the molecule is Cc1ccc(-c2ccc3c(c2)c2ccccc2n3-c2ccc(-c3ccc[c]([Ge]([c]4ccccc4)([c]4ccccc4)[c]4ccccc4)c3)cc2-c2nc(-c3ccccc3)nc(-c3ccccc3)n2)c(C)c1. The third-order valence-electron chi connectivity index (χ3n) is 13.8. The van der Waals surface area contributed by atoms with Crippen molar-refractivity contribution in [3.05, 3.63) is 266 Å². The average molecular weight is 958 g/mol. The smallest absolute Gasteiger partial charge is 0.0391 e. The van der Waals surface area contributed by atoms with E-state index in [-0.39, 0.29) is 0 Å². The van der Waals surface area contributed by atoms with Gasteiger partial charge in [-0.25, -0.2) is 0 Å². The second-order valence-corrected chi connectivity index (χ2v) is 26.1. The first-order chi connectivity index (χ1) is 34.5. The minimum Gasteiger partial charge on any atom is -0.0558 e. The van der Waals surface area contributed by atoms with Crippen LogP contribution >= 0.6 is 0 Å². The standard InChI is InChI=1S/C65H48GeN4/c1-45-35-38-56(46(2)41-45)51-37-40-61-58(44-51)57-33-18-19-34-60(57)70(61)62-39-36-50(43-59(62)65-68-63(47-21-8-3-9-22-47)67-64(69-65)48-23-10-4-11-24-48)49-25-20-32-55(42-49)66(52-26-12-5-13-27-52,53-28-14-6-15-29-53)54-30-16-7-17-31-54/h3-44H,1-2H3. The zero-order valence-corrected chi connectivity index (χ0v) is 41.1. The molecule has 0 atom stereocenters. The summed E-state index contributed by atoms with van der Waals surface area (Å²) in [5, 5.41) is 2.37. The van der Waals surface area contributed by atoms with E-state index in [9.17, 15) is 0 Å². The topological polar surface area (TPSA) is 43.6 Å². The van der Waals surface area contributed by atoms with E-state index in [1.54, 1.807) is 0 Å². The zero-order chi connectivity index (χ0) is 47.0. The van der Waals surface area contributed by atoms with Gasteiger partial charge in [0.2, 0.25) is 0 Å². The summed E-state index contributed by atoms with van der Waals surface area (Å²) in [7, 11) is 0. The van der Waals surface area contributed by atoms with Crippen molar-refractivity contribution in [1.82, 2.24) is 19.5 Å². The van der Waals surface area contributed by atoms with Gasteiger partial charge in [0.25, 0.3) is 0 Å². The second-order valence-electron chi connectivity index (χ2n) is 18.1. The van der Waals surface area contributed by atoms with E-state index < -0.39 is 13.3 Å². The zero-order valence-electron chi connectivity index (χ0n) is 39.0. The number of nitrogens with zero attached hydrogens (tertiary/aromatic N) is 4. The molecule has 0 saturated carbocycles. The molecule has 10 aromatic carbocycles. The predicted molar refractivity (Wildman–Crippen MR) is 294 cm³/mol. The molecular formula is C65H48GeN4. The monoisotopic (exact) mass is 958 g/mol. The minimum atomic E-state index is -3.59. The van der Waals surface area contributed by atoms with Gasteiger partial charge in [-0.3, -0.25) is 0 Å². The molecule has 12 rings (SSSR count). The van der Waals surface area contributed by atoms with Crippen LogP contribution in [-0.2, 0) is 0 Å². The van der Waals surface area contributed by atoms with Gasteiger partial charge < -0.3 is 0 Å². The number of benzene rings is 10. The molecule has 70 heavy (non-hydrogen) atoms. The maximum atomic E-state index is 5.38. The van der Waals surface area contributed by atoms with Crippen LogP contribution in [0.1, 0.15) is 11.1 Å². The van der Waals surface area contributed by atoms with Gasteiger partial charge >= 0.3 is 353 Å². The van der Waals surface area contributed by atoms with Crippen LogP contribution in [0.4, 0.5) is 0 Å². The van der Waals surface area contributed by atoms with E-state index >= 15 is 0 Å². The van der Waals surface area contributed by atoms with Gasteiger partial charge in [-0.15, -0.1) is 0 Å². The Morgan fingerprint density at radius 1 is 0.314 bits per heavy atom. The molecule has 0 unspecified atom stereocenters. The van der Waals surface area contributed by atoms with Crippen LogP contribution in [-0.4, -0.2) is 32.8 Å². The number of aromatic nitrogens is 4. The molecule has 0 N–H and O–H groups in total. The molecule has 0 bridgehead atoms. The number of aryl methyl sites for hydroxylation is 2. The maximum absolute atomic E-state index is 5.38. The predicted octanol–water partition coefficient (Wildman–Crippen LogP) is 13.3. The van der Waals surface area contributed by atoms with E-state index in [0.717, 1.165) is 44.5 Å². The molecule has 2 heterocycles. The molecule has 0 radical (unpaired) electrons. The fourth-order valence-corrected chi connectivity index (χ4v) is 20.6. The van der Waals surface area contributed by atoms with Crippen LogP contribution in [0.2, 0.25) is 0 Å². The first kappa shape index (κ1) is 42.9. The van der Waals surface area contributed by atoms with Gasteiger partial charge in [0, 0.05) is 0 Å². The van der Waals surface area contributed by atoms with Gasteiger partial charge in [0.15, 0.2) is 0 Å². The second kappa shape index (κ2) is 18.2. The van der Waals surface area contributed by atoms with Gasteiger partial charge in [0.1, 0.15) is 0 Å². The number of hydrogen-bond acceptors (Lipinski definition) is 3. The third kappa shape index (κ3) is 7.63. The van der Waals surface area contributed by atoms with Crippen LogP contribution in [0.25, 0.3) is 83.9 Å². The van der Waals surface area contributed by atoms with E-state index in [2.05, 4.69) is 237 Å². The normalized spacial score (nSPS) is 11.6. The molecule has 12 aromatic rings. The molecule has 4 nitrogen and oxygen atoms in total. The summed E-state index contributed by atoms with van der Waals surface area (Å²) in [6.45, 7) is 4.36. The first-order valence-electron chi connectivity index (χ1n) is 23.9. The summed E-state index contributed by atoms with van der Waals surface area (Å²) < 4.78 is 7.90. The molecule has 0 fully saturated rings. The Balaban J connectivity index is 1.12. The molecule has 332 valence electrons. The van der Waals surface area contributed by atoms with Crippen LogP contribution in [0.3, 0.4) is 0 Å². The molecule has 0 aliphatic carbocycles. The van der Waals surface area contributed by atoms with Crippen molar-refractivity contribution in [3.8, 4) is 62.1 Å². The number of fused-ring (bicyclic) bond motifs is 3. The van der Waals surface area contributed by atoms with Crippen molar-refractivity contribution in [2.45, 2.75) is 13.8 Å². The fourth-order valence-electron chi connectivity index (χ4n) is 10.6. The largest absolute Gasteiger partial charge is 0.0558 e. The Morgan fingerprint density at radius 3 is 1.40 bits per heavy atom. The Morgan fingerprint density at radius 2 is 0.800 bits per heavy atom. The van der Waals surface area contributed by atoms with E-state index in [1.165, 1.54) is 50.6 Å². The summed E-state index contributed by atoms with van der Waals surface area (Å²) >= 11 is -3.59. The van der Waals surface area contributed by atoms with Gasteiger partial charge in [-0.05, 0) is 25.0 Å². The Hall–Kier alpha value is -8.45. The quantitative estimate of drug-likeness (QED) is 0.128. The summed E-state index contributed by atoms with van der Waals surface area (Å²) in [6, 6.07) is 92.6. The van der Waals surface area contributed by atoms with Crippen LogP contribution in [0.15, 0.2) is 255 Å². The van der Waals surface area contributed by atoms with Gasteiger partial charge in [-0.1, -0.05) is 35.9 Å². The molecule has 0 spiro atoms. The van der Waals surface area contributed by atoms with Crippen molar-refractivity contribution >= 4 is 52.7 Å². The van der Waals surface area contributed by atoms with Crippen molar-refractivity contribution in [3.63, 3.8) is 0 Å². The Kier molecular flexibility index (Phi) is 11.2. The summed E-state index contributed by atoms with van der Waals surface area (Å²) in [6.07, 6.45) is 0. The molecule has 0 saturated heterocycles. The fraction of sp³-hybridized carbons (Fsp3) is 0.0308. The van der Waals surface area contributed by atoms with E-state index in [4.69, 9.17) is 15.0 Å². The third-order valence-corrected chi connectivity index (χ3v) is 23.8. The maximum Gasteiger partial charge on any atom is -0.0391 e. The van der Waals surface area contributed by atoms with Crippen molar-refractivity contribution in [1.29, 1.82) is 0 Å². The van der Waals surface area contributed by atoms with Crippen molar-refractivity contribution in [2.24, 2.45) is 0 Å². The van der Waals surface area contributed by atoms with Crippen molar-refractivity contribution in [2.75, 3.05) is 0 Å². The van der Waals surface area contributed by atoms with E-state index in [0.29, 0.717) is 17.5 Å². The molecular weight excluding hydrogens is 909 g/mol. The molecule has 2 aromatic heterocycles. The van der Waals surface area contributed by atoms with Gasteiger partial charge in [0.05, 0.1) is 0 Å². The molecule has 0 amide bonds. The molecule has 0 aliphatic rings.